The van der Waals surface area contributed by atoms with Crippen LogP contribution in [0, 0.1) is 0 Å². The highest BCUT2D eigenvalue weighted by Crippen LogP contribution is 2.18. The van der Waals surface area contributed by atoms with Crippen LogP contribution in [0.1, 0.15) is 22.5 Å². The van der Waals surface area contributed by atoms with Gasteiger partial charge in [0.05, 0.1) is 5.52 Å². The fourth-order valence-electron chi connectivity index (χ4n) is 3.63. The van der Waals surface area contributed by atoms with E-state index in [1.165, 1.54) is 0 Å². The van der Waals surface area contributed by atoms with Crippen molar-refractivity contribution in [3.05, 3.63) is 64.8 Å². The van der Waals surface area contributed by atoms with Crippen LogP contribution in [0.4, 0.5) is 0 Å². The highest BCUT2D eigenvalue weighted by Gasteiger charge is 2.25. The zero-order valence-electron chi connectivity index (χ0n) is 16.6. The molecule has 7 nitrogen and oxygen atoms in total. The predicted octanol–water partition coefficient (Wildman–Crippen LogP) is 2.68. The largest absolute Gasteiger partial charge is 0.352 e. The van der Waals surface area contributed by atoms with E-state index in [2.05, 4.69) is 20.4 Å². The summed E-state index contributed by atoms with van der Waals surface area (Å²) in [6, 6.07) is 15.1. The molecule has 0 bridgehead atoms. The number of benzene rings is 2. The summed E-state index contributed by atoms with van der Waals surface area (Å²) in [4.78, 5) is 29.1. The van der Waals surface area contributed by atoms with Gasteiger partial charge in [-0.05, 0) is 17.7 Å². The van der Waals surface area contributed by atoms with Gasteiger partial charge in [-0.2, -0.15) is 5.10 Å². The molecule has 1 saturated heterocycles. The molecule has 4 rings (SSSR count). The van der Waals surface area contributed by atoms with E-state index in [1.807, 2.05) is 53.4 Å². The first-order valence-corrected chi connectivity index (χ1v) is 10.4. The normalized spacial score (nSPS) is 14.8. The predicted molar refractivity (Wildman–Crippen MR) is 116 cm³/mol. The molecule has 30 heavy (non-hydrogen) atoms. The third-order valence-corrected chi connectivity index (χ3v) is 5.79. The number of carbonyl (C=O) groups excluding carboxylic acids is 2. The molecule has 0 spiro atoms. The SMILES string of the molecule is O=C(CCN1CCN(C(=O)c2n[nH]c3ccccc23)CC1)NCc1ccccc1Cl. The first-order chi connectivity index (χ1) is 14.6. The Labute approximate surface area is 180 Å². The molecule has 8 heteroatoms. The number of aromatic nitrogens is 2. The summed E-state index contributed by atoms with van der Waals surface area (Å²) in [6.07, 6.45) is 0.419. The van der Waals surface area contributed by atoms with Crippen LogP contribution in [0.15, 0.2) is 48.5 Å². The molecular formula is C22H24ClN5O2. The number of amides is 2. The fourth-order valence-corrected chi connectivity index (χ4v) is 3.84. The van der Waals surface area contributed by atoms with Crippen LogP contribution in [0.5, 0.6) is 0 Å². The van der Waals surface area contributed by atoms with Crippen molar-refractivity contribution >= 4 is 34.3 Å². The van der Waals surface area contributed by atoms with Gasteiger partial charge in [0.15, 0.2) is 5.69 Å². The van der Waals surface area contributed by atoms with E-state index in [-0.39, 0.29) is 11.8 Å². The van der Waals surface area contributed by atoms with Gasteiger partial charge in [0.1, 0.15) is 0 Å². The molecule has 2 N–H and O–H groups in total. The number of fused-ring (bicyclic) bond motifs is 1. The van der Waals surface area contributed by atoms with E-state index >= 15 is 0 Å². The van der Waals surface area contributed by atoms with Crippen molar-refractivity contribution in [2.45, 2.75) is 13.0 Å². The van der Waals surface area contributed by atoms with E-state index in [4.69, 9.17) is 11.6 Å². The average Bonchev–Trinajstić information content (AvgIpc) is 3.21. The molecule has 2 amide bonds. The van der Waals surface area contributed by atoms with Gasteiger partial charge < -0.3 is 10.2 Å². The third kappa shape index (κ3) is 4.63. The number of para-hydroxylation sites is 1. The molecule has 3 aromatic rings. The van der Waals surface area contributed by atoms with Gasteiger partial charge in [0, 0.05) is 56.1 Å². The maximum atomic E-state index is 12.8. The summed E-state index contributed by atoms with van der Waals surface area (Å²) in [7, 11) is 0. The van der Waals surface area contributed by atoms with Crippen LogP contribution in [-0.2, 0) is 11.3 Å². The van der Waals surface area contributed by atoms with Crippen molar-refractivity contribution in [1.82, 2.24) is 25.3 Å². The molecule has 1 aliphatic rings. The Bertz CT molecular complexity index is 1040. The molecule has 1 aliphatic heterocycles. The minimum Gasteiger partial charge on any atom is -0.352 e. The van der Waals surface area contributed by atoms with Crippen molar-refractivity contribution in [3.63, 3.8) is 0 Å². The van der Waals surface area contributed by atoms with Crippen molar-refractivity contribution in [3.8, 4) is 0 Å². The quantitative estimate of drug-likeness (QED) is 0.636. The molecule has 0 unspecified atom stereocenters. The first-order valence-electron chi connectivity index (χ1n) is 10.1. The minimum atomic E-state index is -0.0513. The van der Waals surface area contributed by atoms with Gasteiger partial charge in [-0.15, -0.1) is 0 Å². The highest BCUT2D eigenvalue weighted by atomic mass is 35.5. The fraction of sp³-hybridized carbons (Fsp3) is 0.318. The van der Waals surface area contributed by atoms with Gasteiger partial charge in [0.2, 0.25) is 5.91 Å². The molecule has 1 aromatic heterocycles. The second kappa shape index (κ2) is 9.28. The number of nitrogens with zero attached hydrogens (tertiary/aromatic N) is 3. The molecular weight excluding hydrogens is 402 g/mol. The van der Waals surface area contributed by atoms with E-state index in [0.717, 1.165) is 29.6 Å². The number of carbonyl (C=O) groups is 2. The van der Waals surface area contributed by atoms with Gasteiger partial charge in [-0.3, -0.25) is 19.6 Å². The number of halogens is 1. The summed E-state index contributed by atoms with van der Waals surface area (Å²) in [5, 5.41) is 11.5. The van der Waals surface area contributed by atoms with Gasteiger partial charge >= 0.3 is 0 Å². The van der Waals surface area contributed by atoms with Crippen LogP contribution in [0.25, 0.3) is 10.9 Å². The average molecular weight is 426 g/mol. The topological polar surface area (TPSA) is 81.3 Å². The Morgan fingerprint density at radius 3 is 2.57 bits per heavy atom. The maximum Gasteiger partial charge on any atom is 0.275 e. The Morgan fingerprint density at radius 2 is 1.77 bits per heavy atom. The van der Waals surface area contributed by atoms with Crippen LogP contribution in [0.2, 0.25) is 5.02 Å². The Morgan fingerprint density at radius 1 is 1.03 bits per heavy atom. The maximum absolute atomic E-state index is 12.8. The Hall–Kier alpha value is -2.90. The first kappa shape index (κ1) is 20.4. The molecule has 0 aliphatic carbocycles. The number of piperazine rings is 1. The minimum absolute atomic E-state index is 0.00332. The lowest BCUT2D eigenvalue weighted by Gasteiger charge is -2.34. The van der Waals surface area contributed by atoms with Crippen LogP contribution in [-0.4, -0.2) is 64.5 Å². The molecule has 156 valence electrons. The van der Waals surface area contributed by atoms with E-state index in [0.29, 0.717) is 43.3 Å². The number of aromatic amines is 1. The van der Waals surface area contributed by atoms with Gasteiger partial charge in [0.25, 0.3) is 5.91 Å². The lowest BCUT2D eigenvalue weighted by molar-refractivity contribution is -0.121. The van der Waals surface area contributed by atoms with Crippen LogP contribution in [0.3, 0.4) is 0 Å². The summed E-state index contributed by atoms with van der Waals surface area (Å²) >= 11 is 6.12. The third-order valence-electron chi connectivity index (χ3n) is 5.42. The van der Waals surface area contributed by atoms with E-state index in [1.54, 1.807) is 0 Å². The number of nitrogens with one attached hydrogen (secondary N) is 2. The monoisotopic (exact) mass is 425 g/mol. The van der Waals surface area contributed by atoms with Crippen LogP contribution >= 0.6 is 11.6 Å². The van der Waals surface area contributed by atoms with Crippen molar-refractivity contribution in [2.75, 3.05) is 32.7 Å². The highest BCUT2D eigenvalue weighted by molar-refractivity contribution is 6.31. The van der Waals surface area contributed by atoms with Crippen LogP contribution < -0.4 is 5.32 Å². The molecule has 0 radical (unpaired) electrons. The number of hydrogen-bond donors (Lipinski definition) is 2. The summed E-state index contributed by atoms with van der Waals surface area (Å²) in [5.41, 5.74) is 2.24. The summed E-state index contributed by atoms with van der Waals surface area (Å²) < 4.78 is 0. The summed E-state index contributed by atoms with van der Waals surface area (Å²) in [6.45, 7) is 3.83. The molecule has 0 saturated carbocycles. The van der Waals surface area contributed by atoms with Crippen molar-refractivity contribution < 1.29 is 9.59 Å². The molecule has 1 fully saturated rings. The second-order valence-corrected chi connectivity index (χ2v) is 7.78. The lowest BCUT2D eigenvalue weighted by Crippen LogP contribution is -2.49. The Balaban J connectivity index is 1.22. The number of hydrogen-bond acceptors (Lipinski definition) is 4. The van der Waals surface area contributed by atoms with Crippen molar-refractivity contribution in [2.24, 2.45) is 0 Å². The zero-order chi connectivity index (χ0) is 20.9. The lowest BCUT2D eigenvalue weighted by atomic mass is 10.2. The van der Waals surface area contributed by atoms with E-state index in [9.17, 15) is 9.59 Å². The van der Waals surface area contributed by atoms with Gasteiger partial charge in [-0.25, -0.2) is 0 Å². The molecule has 0 atom stereocenters. The number of H-pyrrole nitrogens is 1. The van der Waals surface area contributed by atoms with E-state index < -0.39 is 0 Å². The second-order valence-electron chi connectivity index (χ2n) is 7.37. The molecule has 2 aromatic carbocycles. The summed E-state index contributed by atoms with van der Waals surface area (Å²) in [5.74, 6) is -0.0546. The molecule has 2 heterocycles. The Kier molecular flexibility index (Phi) is 6.30. The smallest absolute Gasteiger partial charge is 0.275 e. The standard InChI is InChI=1S/C22H24ClN5O2/c23-18-7-3-1-5-16(18)15-24-20(29)9-10-27-11-13-28(14-12-27)22(30)21-17-6-2-4-8-19(17)25-26-21/h1-8H,9-15H2,(H,24,29)(H,25,26). The number of rotatable bonds is 6. The van der Waals surface area contributed by atoms with Gasteiger partial charge in [-0.1, -0.05) is 48.0 Å². The van der Waals surface area contributed by atoms with Crippen molar-refractivity contribution in [1.29, 1.82) is 0 Å². The zero-order valence-corrected chi connectivity index (χ0v) is 17.4.